The maximum absolute atomic E-state index is 15.1. The smallest absolute Gasteiger partial charge is 0.273 e. The zero-order valence-electron chi connectivity index (χ0n) is 25.6. The van der Waals surface area contributed by atoms with Gasteiger partial charge in [-0.15, -0.1) is 0 Å². The Hall–Kier alpha value is -2.97. The van der Waals surface area contributed by atoms with E-state index in [1.807, 2.05) is 13.0 Å². The standard InChI is InChI=1S/C32H43F2N5O5S/c1-22(25-6-4-7-26(16-25)32(33,34)18-23-19-35-20-23)38-29-28-17-27(24-8-14-45(42,43)15-9-24)31(41)39(30(28)37-21-36-29)10-5-13-44-12-3-2-11-40/h4,6-7,11,16-17,21-24,35,42-43H,2-3,5,8-10,12-15,18-20H2,1H3,(H,36,37,38). The molecule has 13 heteroatoms. The second kappa shape index (κ2) is 14.6. The average molecular weight is 648 g/mol. The maximum Gasteiger partial charge on any atom is 0.273 e. The number of halogens is 2. The summed E-state index contributed by atoms with van der Waals surface area (Å²) < 4.78 is 57.8. The maximum atomic E-state index is 15.1. The van der Waals surface area contributed by atoms with Crippen molar-refractivity contribution in [3.05, 3.63) is 63.7 Å². The number of pyridine rings is 1. The molecule has 0 bridgehead atoms. The summed E-state index contributed by atoms with van der Waals surface area (Å²) in [5, 5.41) is 7.06. The van der Waals surface area contributed by atoms with Crippen LogP contribution in [0.2, 0.25) is 0 Å². The van der Waals surface area contributed by atoms with Crippen molar-refractivity contribution >= 4 is 33.7 Å². The van der Waals surface area contributed by atoms with Crippen molar-refractivity contribution in [2.75, 3.05) is 43.1 Å². The van der Waals surface area contributed by atoms with Crippen LogP contribution in [0, 0.1) is 5.92 Å². The van der Waals surface area contributed by atoms with Crippen LogP contribution in [0.1, 0.15) is 74.1 Å². The van der Waals surface area contributed by atoms with Gasteiger partial charge in [-0.3, -0.25) is 18.5 Å². The molecule has 10 nitrogen and oxygen atoms in total. The zero-order valence-corrected chi connectivity index (χ0v) is 26.4. The highest BCUT2D eigenvalue weighted by molar-refractivity contribution is 8.24. The molecule has 4 heterocycles. The lowest BCUT2D eigenvalue weighted by Crippen LogP contribution is -2.44. The molecule has 1 atom stereocenters. The highest BCUT2D eigenvalue weighted by Crippen LogP contribution is 2.48. The summed E-state index contributed by atoms with van der Waals surface area (Å²) in [5.74, 6) is -2.15. The monoisotopic (exact) mass is 647 g/mol. The average Bonchev–Trinajstić information content (AvgIpc) is 3.00. The van der Waals surface area contributed by atoms with E-state index in [0.717, 1.165) is 6.29 Å². The molecule has 0 saturated carbocycles. The Labute approximate surface area is 263 Å². The fraction of sp³-hybridized carbons (Fsp3) is 0.562. The number of alkyl halides is 2. The van der Waals surface area contributed by atoms with E-state index in [9.17, 15) is 18.7 Å². The second-order valence-electron chi connectivity index (χ2n) is 12.2. The molecule has 2 fully saturated rings. The molecule has 2 saturated heterocycles. The van der Waals surface area contributed by atoms with Crippen molar-refractivity contribution in [3.8, 4) is 0 Å². The number of anilines is 1. The van der Waals surface area contributed by atoms with Crippen LogP contribution in [0.4, 0.5) is 14.6 Å². The number of benzene rings is 1. The predicted molar refractivity (Wildman–Crippen MR) is 172 cm³/mol. The number of aldehydes is 1. The van der Waals surface area contributed by atoms with Gasteiger partial charge in [0.15, 0.2) is 0 Å². The normalized spacial score (nSPS) is 18.8. The van der Waals surface area contributed by atoms with Crippen LogP contribution in [0.15, 0.2) is 41.5 Å². The third-order valence-corrected chi connectivity index (χ3v) is 10.6. The molecule has 4 N–H and O–H groups in total. The Morgan fingerprint density at radius 1 is 1.18 bits per heavy atom. The van der Waals surface area contributed by atoms with Gasteiger partial charge in [0.1, 0.15) is 24.1 Å². The summed E-state index contributed by atoms with van der Waals surface area (Å²) in [6.07, 6.45) is 4.64. The van der Waals surface area contributed by atoms with E-state index in [0.29, 0.717) is 92.9 Å². The summed E-state index contributed by atoms with van der Waals surface area (Å²) in [6.45, 7) is 4.32. The van der Waals surface area contributed by atoms with Crippen molar-refractivity contribution in [1.82, 2.24) is 19.9 Å². The van der Waals surface area contributed by atoms with Crippen LogP contribution in [-0.4, -0.2) is 67.7 Å². The molecular weight excluding hydrogens is 604 g/mol. The van der Waals surface area contributed by atoms with Gasteiger partial charge in [0.05, 0.1) is 5.39 Å². The van der Waals surface area contributed by atoms with Gasteiger partial charge in [0.2, 0.25) is 0 Å². The summed E-state index contributed by atoms with van der Waals surface area (Å²) in [5.41, 5.74) is 1.51. The van der Waals surface area contributed by atoms with E-state index in [-0.39, 0.29) is 46.9 Å². The lowest BCUT2D eigenvalue weighted by molar-refractivity contribution is -0.108. The Morgan fingerprint density at radius 3 is 2.64 bits per heavy atom. The highest BCUT2D eigenvalue weighted by atomic mass is 32.3. The fourth-order valence-corrected chi connectivity index (χ4v) is 7.56. The van der Waals surface area contributed by atoms with E-state index < -0.39 is 16.5 Å². The molecular formula is C32H43F2N5O5S. The molecule has 0 aliphatic carbocycles. The van der Waals surface area contributed by atoms with E-state index in [4.69, 9.17) is 4.74 Å². The largest absolute Gasteiger partial charge is 0.381 e. The zero-order chi connectivity index (χ0) is 32.0. The van der Waals surface area contributed by atoms with E-state index in [2.05, 4.69) is 20.6 Å². The Kier molecular flexibility index (Phi) is 10.9. The van der Waals surface area contributed by atoms with Crippen molar-refractivity contribution in [1.29, 1.82) is 0 Å². The van der Waals surface area contributed by atoms with E-state index in [1.165, 1.54) is 12.4 Å². The molecule has 246 valence electrons. The van der Waals surface area contributed by atoms with Crippen LogP contribution in [0.3, 0.4) is 0 Å². The van der Waals surface area contributed by atoms with Crippen molar-refractivity contribution < 1.29 is 27.4 Å². The molecule has 1 unspecified atom stereocenters. The van der Waals surface area contributed by atoms with Gasteiger partial charge in [-0.2, -0.15) is 10.6 Å². The van der Waals surface area contributed by atoms with Gasteiger partial charge in [-0.25, -0.2) is 18.7 Å². The molecule has 5 rings (SSSR count). The molecule has 0 radical (unpaired) electrons. The molecule has 2 aliphatic heterocycles. The number of hydrogen-bond acceptors (Lipinski definition) is 9. The first kappa shape index (κ1) is 33.4. The van der Waals surface area contributed by atoms with Crippen LogP contribution in [0.5, 0.6) is 0 Å². The van der Waals surface area contributed by atoms with Gasteiger partial charge in [0, 0.05) is 61.3 Å². The number of nitrogens with zero attached hydrogens (tertiary/aromatic N) is 3. The number of unbranched alkanes of at least 4 members (excludes halogenated alkanes) is 1. The minimum Gasteiger partial charge on any atom is -0.381 e. The molecule has 0 amide bonds. The number of hydrogen-bond donors (Lipinski definition) is 4. The van der Waals surface area contributed by atoms with E-state index >= 15 is 8.78 Å². The van der Waals surface area contributed by atoms with Gasteiger partial charge >= 0.3 is 0 Å². The summed E-state index contributed by atoms with van der Waals surface area (Å²) in [7, 11) is -2.63. The Morgan fingerprint density at radius 2 is 1.93 bits per heavy atom. The number of aryl methyl sites for hydroxylation is 1. The van der Waals surface area contributed by atoms with Gasteiger partial charge in [0.25, 0.3) is 11.5 Å². The van der Waals surface area contributed by atoms with Crippen molar-refractivity contribution in [2.45, 2.75) is 69.9 Å². The van der Waals surface area contributed by atoms with Crippen LogP contribution in [-0.2, 0) is 22.0 Å². The topological polar surface area (TPSA) is 139 Å². The van der Waals surface area contributed by atoms with Crippen molar-refractivity contribution in [3.63, 3.8) is 0 Å². The van der Waals surface area contributed by atoms with E-state index in [1.54, 1.807) is 22.8 Å². The molecule has 2 aromatic heterocycles. The molecule has 45 heavy (non-hydrogen) atoms. The first-order valence-corrected chi connectivity index (χ1v) is 17.6. The minimum absolute atomic E-state index is 0.0131. The third-order valence-electron chi connectivity index (χ3n) is 8.79. The predicted octanol–water partition coefficient (Wildman–Crippen LogP) is 5.68. The molecule has 3 aromatic rings. The van der Waals surface area contributed by atoms with Crippen LogP contribution < -0.4 is 16.2 Å². The Balaban J connectivity index is 1.42. The van der Waals surface area contributed by atoms with Gasteiger partial charge in [-0.1, -0.05) is 18.2 Å². The fourth-order valence-electron chi connectivity index (χ4n) is 6.03. The quantitative estimate of drug-likeness (QED) is 0.121. The van der Waals surface area contributed by atoms with Crippen molar-refractivity contribution in [2.24, 2.45) is 5.92 Å². The Bertz CT molecular complexity index is 1520. The number of carbonyl (C=O) groups excluding carboxylic acids is 1. The first-order chi connectivity index (χ1) is 21.6. The summed E-state index contributed by atoms with van der Waals surface area (Å²) in [6, 6.07) is 7.90. The number of nitrogens with one attached hydrogen (secondary N) is 2. The molecule has 0 spiro atoms. The summed E-state index contributed by atoms with van der Waals surface area (Å²) >= 11 is 0. The number of rotatable bonds is 15. The third kappa shape index (κ3) is 8.25. The van der Waals surface area contributed by atoms with Gasteiger partial charge < -0.3 is 20.2 Å². The first-order valence-electron chi connectivity index (χ1n) is 15.7. The van der Waals surface area contributed by atoms with Crippen LogP contribution in [0.25, 0.3) is 11.0 Å². The van der Waals surface area contributed by atoms with Gasteiger partial charge in [-0.05, 0) is 75.2 Å². The number of fused-ring (bicyclic) bond motifs is 1. The lowest BCUT2D eigenvalue weighted by atomic mass is 9.91. The highest BCUT2D eigenvalue weighted by Gasteiger charge is 2.37. The number of aromatic nitrogens is 3. The number of carbonyl (C=O) groups is 1. The minimum atomic E-state index is -2.93. The number of ether oxygens (including phenoxy) is 1. The molecule has 1 aromatic carbocycles. The summed E-state index contributed by atoms with van der Waals surface area (Å²) in [4.78, 5) is 33.4. The second-order valence-corrected chi connectivity index (χ2v) is 14.6. The molecule has 2 aliphatic rings. The lowest BCUT2D eigenvalue weighted by Gasteiger charge is -2.39. The SMILES string of the molecule is CC(Nc1ncnc2c1cc(C1CCS(O)(O)CC1)c(=O)n2CCCOCCCC=O)c1cccc(C(F)(F)CC2CNC2)c1. The van der Waals surface area contributed by atoms with Crippen LogP contribution >= 0.6 is 10.6 Å².